The van der Waals surface area contributed by atoms with Gasteiger partial charge in [-0.1, -0.05) is 0 Å². The van der Waals surface area contributed by atoms with Crippen LogP contribution in [0.5, 0.6) is 0 Å². The number of nitrogens with zero attached hydrogens (tertiary/aromatic N) is 3. The van der Waals surface area contributed by atoms with Crippen molar-refractivity contribution in [3.05, 3.63) is 18.0 Å². The largest absolute Gasteiger partial charge is 0.480 e. The Hall–Kier alpha value is -2.09. The van der Waals surface area contributed by atoms with Crippen molar-refractivity contribution in [1.82, 2.24) is 25.3 Å². The third kappa shape index (κ3) is 3.95. The molecule has 0 atom stereocenters. The molecule has 19 heavy (non-hydrogen) atoms. The zero-order valence-electron chi connectivity index (χ0n) is 10.5. The Balaban J connectivity index is 1.71. The number of carboxylic acid groups (broad SMARTS) is 1. The molecule has 2 amide bonds. The van der Waals surface area contributed by atoms with Crippen LogP contribution in [0.1, 0.15) is 5.56 Å². The fourth-order valence-corrected chi connectivity index (χ4v) is 1.96. The van der Waals surface area contributed by atoms with Crippen molar-refractivity contribution in [2.75, 3.05) is 32.7 Å². The van der Waals surface area contributed by atoms with Gasteiger partial charge in [0.15, 0.2) is 0 Å². The van der Waals surface area contributed by atoms with E-state index in [0.717, 1.165) is 5.56 Å². The number of rotatable bonds is 4. The second kappa shape index (κ2) is 6.19. The van der Waals surface area contributed by atoms with E-state index in [9.17, 15) is 9.59 Å². The van der Waals surface area contributed by atoms with Crippen LogP contribution in [0.4, 0.5) is 4.79 Å². The Labute approximate surface area is 110 Å². The van der Waals surface area contributed by atoms with E-state index in [0.29, 0.717) is 32.7 Å². The minimum Gasteiger partial charge on any atom is -0.480 e. The predicted octanol–water partition coefficient (Wildman–Crippen LogP) is -0.678. The molecule has 3 N–H and O–H groups in total. The molecule has 0 aliphatic carbocycles. The highest BCUT2D eigenvalue weighted by Gasteiger charge is 2.21. The number of aliphatic carboxylic acids is 1. The molecule has 2 heterocycles. The normalized spacial score (nSPS) is 16.3. The summed E-state index contributed by atoms with van der Waals surface area (Å²) in [5.41, 5.74) is 0.915. The van der Waals surface area contributed by atoms with E-state index in [1.54, 1.807) is 17.3 Å². The van der Waals surface area contributed by atoms with E-state index in [4.69, 9.17) is 5.11 Å². The second-order valence-corrected chi connectivity index (χ2v) is 4.42. The van der Waals surface area contributed by atoms with Crippen LogP contribution in [0.3, 0.4) is 0 Å². The maximum atomic E-state index is 11.9. The molecule has 0 saturated carbocycles. The number of amides is 2. The molecule has 1 aromatic heterocycles. The van der Waals surface area contributed by atoms with Gasteiger partial charge in [-0.05, 0) is 0 Å². The van der Waals surface area contributed by atoms with E-state index in [2.05, 4.69) is 15.5 Å². The van der Waals surface area contributed by atoms with Gasteiger partial charge in [0.1, 0.15) is 0 Å². The number of urea groups is 1. The maximum Gasteiger partial charge on any atom is 0.317 e. The smallest absolute Gasteiger partial charge is 0.317 e. The Morgan fingerprint density at radius 2 is 2.11 bits per heavy atom. The summed E-state index contributed by atoms with van der Waals surface area (Å²) in [7, 11) is 0. The summed E-state index contributed by atoms with van der Waals surface area (Å²) in [6, 6.07) is -0.129. The van der Waals surface area contributed by atoms with Gasteiger partial charge in [-0.2, -0.15) is 5.10 Å². The fourth-order valence-electron chi connectivity index (χ4n) is 1.96. The van der Waals surface area contributed by atoms with Crippen molar-refractivity contribution in [2.24, 2.45) is 0 Å². The summed E-state index contributed by atoms with van der Waals surface area (Å²) >= 11 is 0. The van der Waals surface area contributed by atoms with Crippen LogP contribution in [0.25, 0.3) is 0 Å². The van der Waals surface area contributed by atoms with E-state index >= 15 is 0 Å². The van der Waals surface area contributed by atoms with Gasteiger partial charge in [0, 0.05) is 44.5 Å². The number of carboxylic acids is 1. The molecule has 2 rings (SSSR count). The first-order valence-electron chi connectivity index (χ1n) is 6.10. The maximum absolute atomic E-state index is 11.9. The third-order valence-corrected chi connectivity index (χ3v) is 3.02. The van der Waals surface area contributed by atoms with Gasteiger partial charge < -0.3 is 15.3 Å². The quantitative estimate of drug-likeness (QED) is 0.671. The first-order chi connectivity index (χ1) is 9.15. The average molecular weight is 267 g/mol. The van der Waals surface area contributed by atoms with Crippen LogP contribution in [-0.4, -0.2) is 69.8 Å². The van der Waals surface area contributed by atoms with Crippen molar-refractivity contribution in [1.29, 1.82) is 0 Å². The molecule has 0 radical (unpaired) electrons. The molecule has 1 aliphatic heterocycles. The molecular weight excluding hydrogens is 250 g/mol. The van der Waals surface area contributed by atoms with E-state index < -0.39 is 5.97 Å². The van der Waals surface area contributed by atoms with Gasteiger partial charge in [-0.25, -0.2) is 4.79 Å². The summed E-state index contributed by atoms with van der Waals surface area (Å²) in [4.78, 5) is 26.0. The number of hydrogen-bond donors (Lipinski definition) is 3. The van der Waals surface area contributed by atoms with Gasteiger partial charge in [0.05, 0.1) is 12.7 Å². The highest BCUT2D eigenvalue weighted by molar-refractivity contribution is 5.74. The highest BCUT2D eigenvalue weighted by atomic mass is 16.4. The lowest BCUT2D eigenvalue weighted by Crippen LogP contribution is -2.52. The summed E-state index contributed by atoms with van der Waals surface area (Å²) < 4.78 is 0. The zero-order valence-corrected chi connectivity index (χ0v) is 10.5. The minimum atomic E-state index is -0.835. The van der Waals surface area contributed by atoms with Gasteiger partial charge >= 0.3 is 12.0 Å². The topological polar surface area (TPSA) is 102 Å². The Bertz CT molecular complexity index is 426. The Morgan fingerprint density at radius 3 is 2.68 bits per heavy atom. The van der Waals surface area contributed by atoms with Crippen LogP contribution in [0, 0.1) is 0 Å². The molecule has 0 spiro atoms. The lowest BCUT2D eigenvalue weighted by molar-refractivity contribution is -0.138. The predicted molar refractivity (Wildman–Crippen MR) is 66.5 cm³/mol. The fraction of sp³-hybridized carbons (Fsp3) is 0.545. The molecule has 1 aliphatic rings. The number of carbonyl (C=O) groups excluding carboxylic acids is 1. The molecular formula is C11H17N5O3. The average Bonchev–Trinajstić information content (AvgIpc) is 2.89. The summed E-state index contributed by atoms with van der Waals surface area (Å²) in [6.07, 6.45) is 3.39. The highest BCUT2D eigenvalue weighted by Crippen LogP contribution is 2.02. The minimum absolute atomic E-state index is 0.0322. The first kappa shape index (κ1) is 13.3. The van der Waals surface area contributed by atoms with E-state index in [1.165, 1.54) is 0 Å². The molecule has 1 fully saturated rings. The van der Waals surface area contributed by atoms with E-state index in [-0.39, 0.29) is 12.6 Å². The second-order valence-electron chi connectivity index (χ2n) is 4.42. The summed E-state index contributed by atoms with van der Waals surface area (Å²) in [6.45, 7) is 2.74. The number of hydrogen-bond acceptors (Lipinski definition) is 4. The number of aromatic amines is 1. The van der Waals surface area contributed by atoms with Gasteiger partial charge in [0.2, 0.25) is 0 Å². The number of piperazine rings is 1. The van der Waals surface area contributed by atoms with Gasteiger partial charge in [0.25, 0.3) is 0 Å². The van der Waals surface area contributed by atoms with Crippen LogP contribution >= 0.6 is 0 Å². The van der Waals surface area contributed by atoms with Crippen LogP contribution in [-0.2, 0) is 11.3 Å². The molecule has 8 heteroatoms. The lowest BCUT2D eigenvalue weighted by Gasteiger charge is -2.33. The monoisotopic (exact) mass is 267 g/mol. The lowest BCUT2D eigenvalue weighted by atomic mass is 10.3. The SMILES string of the molecule is O=C(O)CN1CCN(C(=O)NCc2cn[nH]c2)CC1. The Kier molecular flexibility index (Phi) is 4.35. The van der Waals surface area contributed by atoms with Crippen LogP contribution in [0.15, 0.2) is 12.4 Å². The molecule has 0 unspecified atom stereocenters. The van der Waals surface area contributed by atoms with Crippen molar-refractivity contribution >= 4 is 12.0 Å². The molecule has 0 aromatic carbocycles. The van der Waals surface area contributed by atoms with Crippen LogP contribution < -0.4 is 5.32 Å². The van der Waals surface area contributed by atoms with E-state index in [1.807, 2.05) is 4.90 Å². The number of carbonyl (C=O) groups is 2. The molecule has 104 valence electrons. The number of aromatic nitrogens is 2. The Morgan fingerprint density at radius 1 is 1.37 bits per heavy atom. The molecule has 8 nitrogen and oxygen atoms in total. The third-order valence-electron chi connectivity index (χ3n) is 3.02. The zero-order chi connectivity index (χ0) is 13.7. The standard InChI is InChI=1S/C11H17N5O3/c17-10(18)8-15-1-3-16(4-2-15)11(19)12-5-9-6-13-14-7-9/h6-7H,1-5,8H2,(H,12,19)(H,13,14)(H,17,18). The van der Waals surface area contributed by atoms with Crippen molar-refractivity contribution < 1.29 is 14.7 Å². The molecule has 1 saturated heterocycles. The van der Waals surface area contributed by atoms with Gasteiger partial charge in [-0.3, -0.25) is 14.8 Å². The molecule has 0 bridgehead atoms. The molecule has 1 aromatic rings. The van der Waals surface area contributed by atoms with Crippen molar-refractivity contribution in [2.45, 2.75) is 6.54 Å². The summed E-state index contributed by atoms with van der Waals surface area (Å²) in [5.74, 6) is -0.835. The number of H-pyrrole nitrogens is 1. The number of nitrogens with one attached hydrogen (secondary N) is 2. The van der Waals surface area contributed by atoms with Gasteiger partial charge in [-0.15, -0.1) is 0 Å². The first-order valence-corrected chi connectivity index (χ1v) is 6.10. The summed E-state index contributed by atoms with van der Waals surface area (Å²) in [5, 5.41) is 18.0. The van der Waals surface area contributed by atoms with Crippen molar-refractivity contribution in [3.63, 3.8) is 0 Å². The van der Waals surface area contributed by atoms with Crippen molar-refractivity contribution in [3.8, 4) is 0 Å². The van der Waals surface area contributed by atoms with Crippen LogP contribution in [0.2, 0.25) is 0 Å².